The lowest BCUT2D eigenvalue weighted by Crippen LogP contribution is -2.47. The second-order valence-electron chi connectivity index (χ2n) is 6.26. The van der Waals surface area contributed by atoms with Gasteiger partial charge in [0.2, 0.25) is 6.10 Å². The van der Waals surface area contributed by atoms with Gasteiger partial charge in [0, 0.05) is 17.1 Å². The zero-order valence-electron chi connectivity index (χ0n) is 15.2. The summed E-state index contributed by atoms with van der Waals surface area (Å²) in [5.74, 6) is -3.17. The highest BCUT2D eigenvalue weighted by Gasteiger charge is 2.49. The average Bonchev–Trinajstić information content (AvgIpc) is 2.61. The number of hydrogen-bond acceptors (Lipinski definition) is 4. The fraction of sp³-hybridized carbons (Fsp3) is 0.353. The summed E-state index contributed by atoms with van der Waals surface area (Å²) in [6, 6.07) is 1.00. The molecule has 1 aliphatic heterocycles. The summed E-state index contributed by atoms with van der Waals surface area (Å²) in [6.07, 6.45) is -6.63. The van der Waals surface area contributed by atoms with Gasteiger partial charge in [0.1, 0.15) is 11.8 Å². The first-order chi connectivity index (χ1) is 13.9. The van der Waals surface area contributed by atoms with Crippen LogP contribution in [-0.4, -0.2) is 47.8 Å². The summed E-state index contributed by atoms with van der Waals surface area (Å²) >= 11 is 11.8. The van der Waals surface area contributed by atoms with Crippen molar-refractivity contribution in [3.05, 3.63) is 33.3 Å². The number of nitrogens with zero attached hydrogens (tertiary/aromatic N) is 1. The van der Waals surface area contributed by atoms with Crippen LogP contribution in [0, 0.1) is 0 Å². The number of carboxylic acids is 1. The van der Waals surface area contributed by atoms with Gasteiger partial charge in [-0.15, -0.1) is 0 Å². The summed E-state index contributed by atoms with van der Waals surface area (Å²) in [5.41, 5.74) is 9.54. The van der Waals surface area contributed by atoms with Gasteiger partial charge in [0.25, 0.3) is 5.91 Å². The largest absolute Gasteiger partial charge is 0.480 e. The second-order valence-corrected chi connectivity index (χ2v) is 7.10. The zero-order chi connectivity index (χ0) is 22.6. The van der Waals surface area contributed by atoms with Crippen LogP contribution in [0.2, 0.25) is 10.0 Å². The van der Waals surface area contributed by atoms with E-state index in [1.54, 1.807) is 0 Å². The maximum atomic E-state index is 13.5. The number of aliphatic carboxylic acids is 1. The molecule has 0 aromatic heterocycles. The van der Waals surface area contributed by atoms with Crippen LogP contribution in [0.4, 0.5) is 13.2 Å². The molecule has 30 heavy (non-hydrogen) atoms. The molecule has 164 valence electrons. The number of carbonyl (C=O) groups excluding carboxylic acids is 1. The van der Waals surface area contributed by atoms with E-state index in [0.717, 1.165) is 6.08 Å². The number of amides is 1. The Morgan fingerprint density at radius 3 is 2.53 bits per heavy atom. The number of alkyl halides is 3. The van der Waals surface area contributed by atoms with Crippen LogP contribution < -0.4 is 21.5 Å². The smallest absolute Gasteiger partial charge is 0.429 e. The molecule has 0 spiro atoms. The molecule has 8 nitrogen and oxygen atoms in total. The van der Waals surface area contributed by atoms with Crippen molar-refractivity contribution in [3.8, 4) is 5.75 Å². The molecule has 0 unspecified atom stereocenters. The number of rotatable bonds is 7. The molecule has 0 radical (unpaired) electrons. The van der Waals surface area contributed by atoms with Gasteiger partial charge < -0.3 is 26.6 Å². The number of nitrogens with one attached hydrogen (secondary N) is 1. The number of ether oxygens (including phenoxy) is 1. The first-order valence-corrected chi connectivity index (χ1v) is 9.18. The van der Waals surface area contributed by atoms with Crippen molar-refractivity contribution in [3.63, 3.8) is 0 Å². The average molecular weight is 469 g/mol. The van der Waals surface area contributed by atoms with E-state index in [1.807, 2.05) is 0 Å². The summed E-state index contributed by atoms with van der Waals surface area (Å²) in [6.45, 7) is 0.0866. The van der Waals surface area contributed by atoms with Crippen LogP contribution >= 0.6 is 23.2 Å². The first kappa shape index (κ1) is 23.6. The molecule has 0 fully saturated rings. The van der Waals surface area contributed by atoms with Gasteiger partial charge in [-0.2, -0.15) is 13.2 Å². The number of halogens is 5. The van der Waals surface area contributed by atoms with Crippen molar-refractivity contribution >= 4 is 47.1 Å². The Morgan fingerprint density at radius 1 is 1.30 bits per heavy atom. The van der Waals surface area contributed by atoms with E-state index in [1.165, 1.54) is 12.1 Å². The van der Waals surface area contributed by atoms with Gasteiger partial charge in [-0.25, -0.2) is 4.79 Å². The van der Waals surface area contributed by atoms with E-state index in [2.05, 4.69) is 10.3 Å². The topological polar surface area (TPSA) is 140 Å². The van der Waals surface area contributed by atoms with E-state index in [0.29, 0.717) is 0 Å². The highest BCUT2D eigenvalue weighted by molar-refractivity contribution is 6.36. The number of aliphatic imine (C=N–C) groups is 1. The van der Waals surface area contributed by atoms with Crippen LogP contribution in [0.5, 0.6) is 5.75 Å². The van der Waals surface area contributed by atoms with Crippen LogP contribution in [0.25, 0.3) is 6.08 Å². The molecule has 0 aliphatic carbocycles. The Bertz CT molecular complexity index is 902. The maximum absolute atomic E-state index is 13.5. The zero-order valence-corrected chi connectivity index (χ0v) is 16.7. The first-order valence-electron chi connectivity index (χ1n) is 8.43. The molecule has 1 amide bonds. The van der Waals surface area contributed by atoms with E-state index in [4.69, 9.17) is 39.4 Å². The molecular weight excluding hydrogens is 452 g/mol. The number of benzene rings is 1. The van der Waals surface area contributed by atoms with Gasteiger partial charge in [-0.05, 0) is 31.1 Å². The van der Waals surface area contributed by atoms with Crippen LogP contribution in [-0.2, 0) is 9.59 Å². The van der Waals surface area contributed by atoms with Gasteiger partial charge in [0.05, 0.1) is 10.6 Å². The van der Waals surface area contributed by atoms with E-state index in [-0.39, 0.29) is 46.7 Å². The molecule has 1 aliphatic rings. The third kappa shape index (κ3) is 5.92. The van der Waals surface area contributed by atoms with E-state index >= 15 is 0 Å². The van der Waals surface area contributed by atoms with E-state index < -0.39 is 35.8 Å². The summed E-state index contributed by atoms with van der Waals surface area (Å²) < 4.78 is 45.5. The molecule has 6 N–H and O–H groups in total. The SMILES string of the molecule is NC(N)=NCCC[C@H](NC(=O)C1=Cc2cc(Cl)cc(Cl)c2O[C@@H]1C(F)(F)F)C(=O)O. The second kappa shape index (κ2) is 9.43. The number of carboxylic acid groups (broad SMARTS) is 1. The predicted octanol–water partition coefficient (Wildman–Crippen LogP) is 2.32. The van der Waals surface area contributed by atoms with Crippen molar-refractivity contribution in [1.82, 2.24) is 5.32 Å². The molecule has 2 atom stereocenters. The Hall–Kier alpha value is -2.66. The quantitative estimate of drug-likeness (QED) is 0.275. The van der Waals surface area contributed by atoms with E-state index in [9.17, 15) is 27.9 Å². The lowest BCUT2D eigenvalue weighted by atomic mass is 9.99. The highest BCUT2D eigenvalue weighted by Crippen LogP contribution is 2.42. The summed E-state index contributed by atoms with van der Waals surface area (Å²) in [4.78, 5) is 27.6. The number of guanidine groups is 1. The lowest BCUT2D eigenvalue weighted by molar-refractivity contribution is -0.185. The van der Waals surface area contributed by atoms with Crippen molar-refractivity contribution in [1.29, 1.82) is 0 Å². The van der Waals surface area contributed by atoms with Crippen molar-refractivity contribution in [2.75, 3.05) is 6.54 Å². The van der Waals surface area contributed by atoms with Crippen molar-refractivity contribution in [2.24, 2.45) is 16.5 Å². The van der Waals surface area contributed by atoms with Crippen molar-refractivity contribution in [2.45, 2.75) is 31.2 Å². The van der Waals surface area contributed by atoms with Crippen LogP contribution in [0.1, 0.15) is 18.4 Å². The standard InChI is InChI=1S/C17H17Cl2F3N4O4/c18-8-4-7-5-9(13(17(20,21)22)30-12(7)10(19)6-8)14(27)26-11(15(28)29)2-1-3-25-16(23)24/h4-6,11,13H,1-3H2,(H,26,27)(H,28,29)(H4,23,24,25)/t11-,13-/m0/s1. The molecule has 0 saturated heterocycles. The monoisotopic (exact) mass is 468 g/mol. The third-order valence-corrected chi connectivity index (χ3v) is 4.47. The normalized spacial score (nSPS) is 16.6. The molecule has 0 saturated carbocycles. The Morgan fingerprint density at radius 2 is 1.97 bits per heavy atom. The molecule has 13 heteroatoms. The molecule has 1 heterocycles. The molecule has 2 rings (SSSR count). The van der Waals surface area contributed by atoms with Gasteiger partial charge in [0.15, 0.2) is 5.96 Å². The predicted molar refractivity (Wildman–Crippen MR) is 104 cm³/mol. The number of hydrogen-bond donors (Lipinski definition) is 4. The highest BCUT2D eigenvalue weighted by atomic mass is 35.5. The molecule has 1 aromatic rings. The van der Waals surface area contributed by atoms with Crippen molar-refractivity contribution < 1.29 is 32.6 Å². The number of carbonyl (C=O) groups is 2. The minimum absolute atomic E-state index is 0.0535. The summed E-state index contributed by atoms with van der Waals surface area (Å²) in [7, 11) is 0. The molecule has 0 bridgehead atoms. The Labute approximate surface area is 178 Å². The third-order valence-electron chi connectivity index (χ3n) is 3.97. The number of nitrogens with two attached hydrogens (primary N) is 2. The van der Waals surface area contributed by atoms with Crippen LogP contribution in [0.15, 0.2) is 22.7 Å². The molecule has 1 aromatic carbocycles. The minimum Gasteiger partial charge on any atom is -0.480 e. The Kier molecular flexibility index (Phi) is 7.43. The van der Waals surface area contributed by atoms with Gasteiger partial charge >= 0.3 is 12.1 Å². The van der Waals surface area contributed by atoms with Gasteiger partial charge in [-0.1, -0.05) is 23.2 Å². The fourth-order valence-corrected chi connectivity index (χ4v) is 3.22. The Balaban J connectivity index is 2.29. The van der Waals surface area contributed by atoms with Crippen LogP contribution in [0.3, 0.4) is 0 Å². The lowest BCUT2D eigenvalue weighted by Gasteiger charge is -2.29. The maximum Gasteiger partial charge on any atom is 0.429 e. The molecular formula is C17H17Cl2F3N4O4. The fourth-order valence-electron chi connectivity index (χ4n) is 2.67. The van der Waals surface area contributed by atoms with Gasteiger partial charge in [-0.3, -0.25) is 9.79 Å². The number of fused-ring (bicyclic) bond motifs is 1. The summed E-state index contributed by atoms with van der Waals surface area (Å²) in [5, 5.41) is 11.3. The minimum atomic E-state index is -4.96.